The average molecular weight is 306 g/mol. The number of piperazine rings is 1. The molecule has 2 rings (SSSR count). The Bertz CT molecular complexity index is 563. The van der Waals surface area contributed by atoms with Crippen LogP contribution in [-0.2, 0) is 4.79 Å². The molecule has 7 heteroatoms. The normalized spacial score (nSPS) is 21.8. The van der Waals surface area contributed by atoms with Gasteiger partial charge in [0, 0.05) is 44.4 Å². The number of pyridine rings is 1. The number of nitro groups is 1. The van der Waals surface area contributed by atoms with Crippen LogP contribution in [0.5, 0.6) is 0 Å². The van der Waals surface area contributed by atoms with Gasteiger partial charge in [-0.15, -0.1) is 0 Å². The predicted octanol–water partition coefficient (Wildman–Crippen LogP) is 2.22. The van der Waals surface area contributed by atoms with Gasteiger partial charge in [0.05, 0.1) is 4.92 Å². The van der Waals surface area contributed by atoms with Crippen LogP contribution in [0, 0.1) is 10.1 Å². The van der Waals surface area contributed by atoms with Crippen LogP contribution in [0.3, 0.4) is 0 Å². The van der Waals surface area contributed by atoms with Gasteiger partial charge in [-0.2, -0.15) is 0 Å². The molecule has 22 heavy (non-hydrogen) atoms. The van der Waals surface area contributed by atoms with Gasteiger partial charge in [-0.3, -0.25) is 14.9 Å². The Hall–Kier alpha value is -2.18. The van der Waals surface area contributed by atoms with E-state index in [1.54, 1.807) is 19.2 Å². The van der Waals surface area contributed by atoms with Crippen molar-refractivity contribution in [3.8, 4) is 0 Å². The van der Waals surface area contributed by atoms with Crippen molar-refractivity contribution in [3.63, 3.8) is 0 Å². The topological polar surface area (TPSA) is 79.6 Å². The summed E-state index contributed by atoms with van der Waals surface area (Å²) in [5.74, 6) is 0.460. The maximum atomic E-state index is 11.8. The molecule has 0 spiro atoms. The first-order valence-corrected chi connectivity index (χ1v) is 7.62. The van der Waals surface area contributed by atoms with Gasteiger partial charge in [0.25, 0.3) is 0 Å². The van der Waals surface area contributed by atoms with Gasteiger partial charge < -0.3 is 9.80 Å². The van der Waals surface area contributed by atoms with Crippen molar-refractivity contribution in [1.29, 1.82) is 0 Å². The van der Waals surface area contributed by atoms with Gasteiger partial charge in [0.1, 0.15) is 0 Å². The minimum absolute atomic E-state index is 0.0204. The lowest BCUT2D eigenvalue weighted by Gasteiger charge is -2.46. The molecule has 1 aromatic heterocycles. The van der Waals surface area contributed by atoms with Crippen molar-refractivity contribution in [1.82, 2.24) is 9.88 Å². The fourth-order valence-electron chi connectivity index (χ4n) is 3.05. The number of amides is 1. The molecule has 0 N–H and O–H groups in total. The molecule has 120 valence electrons. The van der Waals surface area contributed by atoms with Crippen molar-refractivity contribution >= 4 is 17.4 Å². The smallest absolute Gasteiger partial charge is 0.311 e. The molecular weight excluding hydrogens is 284 g/mol. The highest BCUT2D eigenvalue weighted by Crippen LogP contribution is 2.31. The molecular formula is C15H22N4O3. The molecule has 0 aliphatic carbocycles. The van der Waals surface area contributed by atoms with Crippen LogP contribution < -0.4 is 4.90 Å². The van der Waals surface area contributed by atoms with Gasteiger partial charge in [-0.1, -0.05) is 13.8 Å². The van der Waals surface area contributed by atoms with Gasteiger partial charge in [-0.05, 0) is 18.9 Å². The van der Waals surface area contributed by atoms with Crippen molar-refractivity contribution in [3.05, 3.63) is 28.4 Å². The van der Waals surface area contributed by atoms with E-state index in [9.17, 15) is 14.9 Å². The Morgan fingerprint density at radius 3 is 2.59 bits per heavy atom. The van der Waals surface area contributed by atoms with E-state index >= 15 is 0 Å². The summed E-state index contributed by atoms with van der Waals surface area (Å²) < 4.78 is 0. The Kier molecular flexibility index (Phi) is 4.95. The third-order valence-electron chi connectivity index (χ3n) is 4.28. The number of anilines is 1. The molecule has 0 radical (unpaired) electrons. The second-order valence-electron chi connectivity index (χ2n) is 5.55. The Labute approximate surface area is 130 Å². The molecule has 2 atom stereocenters. The molecule has 0 saturated carbocycles. The highest BCUT2D eigenvalue weighted by molar-refractivity contribution is 5.74. The fraction of sp³-hybridized carbons (Fsp3) is 0.600. The Morgan fingerprint density at radius 2 is 2.05 bits per heavy atom. The maximum Gasteiger partial charge on any atom is 0.311 e. The quantitative estimate of drug-likeness (QED) is 0.629. The average Bonchev–Trinajstić information content (AvgIpc) is 2.53. The van der Waals surface area contributed by atoms with Crippen molar-refractivity contribution < 1.29 is 9.72 Å². The molecule has 0 bridgehead atoms. The van der Waals surface area contributed by atoms with Crippen LogP contribution in [0.4, 0.5) is 11.5 Å². The lowest BCUT2D eigenvalue weighted by Crippen LogP contribution is -2.59. The molecule has 1 aliphatic heterocycles. The second kappa shape index (κ2) is 6.72. The van der Waals surface area contributed by atoms with Crippen LogP contribution in [0.15, 0.2) is 18.3 Å². The molecule has 1 aliphatic rings. The van der Waals surface area contributed by atoms with Crippen molar-refractivity contribution in [2.75, 3.05) is 18.0 Å². The van der Waals surface area contributed by atoms with Crippen LogP contribution >= 0.6 is 0 Å². The standard InChI is InChI=1S/C15H22N4O3/c1-4-12-10-18(13(5-2)9-17(12)11(3)20)15-14(19(21)22)7-6-8-16-15/h6-8,12-13H,4-5,9-10H2,1-3H3/t12-,13+/m0/s1. The molecule has 1 aromatic rings. The summed E-state index contributed by atoms with van der Waals surface area (Å²) in [6.07, 6.45) is 3.19. The summed E-state index contributed by atoms with van der Waals surface area (Å²) in [5.41, 5.74) is 0.0204. The largest absolute Gasteiger partial charge is 0.344 e. The summed E-state index contributed by atoms with van der Waals surface area (Å²) in [4.78, 5) is 30.8. The highest BCUT2D eigenvalue weighted by Gasteiger charge is 2.36. The van der Waals surface area contributed by atoms with E-state index < -0.39 is 4.92 Å². The summed E-state index contributed by atoms with van der Waals surface area (Å²) in [7, 11) is 0. The summed E-state index contributed by atoms with van der Waals surface area (Å²) in [5, 5.41) is 11.3. The first-order chi connectivity index (χ1) is 10.5. The predicted molar refractivity (Wildman–Crippen MR) is 83.8 cm³/mol. The molecule has 7 nitrogen and oxygen atoms in total. The number of aromatic nitrogens is 1. The molecule has 1 saturated heterocycles. The molecule has 1 amide bonds. The van der Waals surface area contributed by atoms with E-state index in [2.05, 4.69) is 4.98 Å². The van der Waals surface area contributed by atoms with E-state index in [1.165, 1.54) is 6.07 Å². The molecule has 0 aromatic carbocycles. The van der Waals surface area contributed by atoms with Gasteiger partial charge >= 0.3 is 5.69 Å². The van der Waals surface area contributed by atoms with Crippen LogP contribution in [0.25, 0.3) is 0 Å². The zero-order valence-electron chi connectivity index (χ0n) is 13.2. The zero-order chi connectivity index (χ0) is 16.3. The first-order valence-electron chi connectivity index (χ1n) is 7.62. The van der Waals surface area contributed by atoms with Gasteiger partial charge in [-0.25, -0.2) is 4.98 Å². The lowest BCUT2D eigenvalue weighted by molar-refractivity contribution is -0.384. The number of nitrogens with zero attached hydrogens (tertiary/aromatic N) is 4. The zero-order valence-corrected chi connectivity index (χ0v) is 13.2. The Morgan fingerprint density at radius 1 is 1.36 bits per heavy atom. The van der Waals surface area contributed by atoms with E-state index in [0.717, 1.165) is 12.8 Å². The van der Waals surface area contributed by atoms with Crippen LogP contribution in [-0.4, -0.2) is 45.9 Å². The van der Waals surface area contributed by atoms with E-state index in [0.29, 0.717) is 18.9 Å². The number of hydrogen-bond donors (Lipinski definition) is 0. The monoisotopic (exact) mass is 306 g/mol. The third kappa shape index (κ3) is 3.03. The first kappa shape index (κ1) is 16.2. The molecule has 0 unspecified atom stereocenters. The van der Waals surface area contributed by atoms with E-state index in [4.69, 9.17) is 0 Å². The number of rotatable bonds is 4. The van der Waals surface area contributed by atoms with Crippen LogP contribution in [0.2, 0.25) is 0 Å². The number of carbonyl (C=O) groups is 1. The second-order valence-corrected chi connectivity index (χ2v) is 5.55. The minimum atomic E-state index is -0.395. The SMILES string of the molecule is CC[C@H]1CN(c2ncccc2[N+](=O)[O-])[C@H](CC)CN1C(C)=O. The highest BCUT2D eigenvalue weighted by atomic mass is 16.6. The summed E-state index contributed by atoms with van der Waals surface area (Å²) in [6, 6.07) is 3.15. The fourth-order valence-corrected chi connectivity index (χ4v) is 3.05. The summed E-state index contributed by atoms with van der Waals surface area (Å²) in [6.45, 7) is 6.79. The minimum Gasteiger partial charge on any atom is -0.344 e. The van der Waals surface area contributed by atoms with Gasteiger partial charge in [0.15, 0.2) is 0 Å². The maximum absolute atomic E-state index is 11.8. The molecule has 2 heterocycles. The van der Waals surface area contributed by atoms with E-state index in [-0.39, 0.29) is 23.7 Å². The Balaban J connectivity index is 2.38. The van der Waals surface area contributed by atoms with E-state index in [1.807, 2.05) is 23.6 Å². The van der Waals surface area contributed by atoms with Crippen molar-refractivity contribution in [2.45, 2.75) is 45.7 Å². The third-order valence-corrected chi connectivity index (χ3v) is 4.28. The van der Waals surface area contributed by atoms with Gasteiger partial charge in [0.2, 0.25) is 11.7 Å². The molecule has 1 fully saturated rings. The van der Waals surface area contributed by atoms with Crippen molar-refractivity contribution in [2.24, 2.45) is 0 Å². The lowest BCUT2D eigenvalue weighted by atomic mass is 10.0. The summed E-state index contributed by atoms with van der Waals surface area (Å²) >= 11 is 0. The number of hydrogen-bond acceptors (Lipinski definition) is 5. The number of carbonyl (C=O) groups excluding carboxylic acids is 1. The van der Waals surface area contributed by atoms with Crippen LogP contribution in [0.1, 0.15) is 33.6 Å².